The van der Waals surface area contributed by atoms with Crippen LogP contribution in [-0.4, -0.2) is 25.2 Å². The van der Waals surface area contributed by atoms with Crippen molar-refractivity contribution in [2.75, 3.05) is 20.3 Å². The maximum atomic E-state index is 5.76. The highest BCUT2D eigenvalue weighted by Crippen LogP contribution is 2.24. The molecule has 3 aromatic rings. The molecule has 0 aliphatic carbocycles. The second-order valence-corrected chi connectivity index (χ2v) is 5.93. The zero-order valence-electron chi connectivity index (χ0n) is 15.0. The largest absolute Gasteiger partial charge is 0.497 e. The van der Waals surface area contributed by atoms with Gasteiger partial charge in [-0.05, 0) is 54.9 Å². The first-order valence-electron chi connectivity index (χ1n) is 8.83. The summed E-state index contributed by atoms with van der Waals surface area (Å²) in [6.45, 7) is 1.50. The molecule has 0 fully saturated rings. The van der Waals surface area contributed by atoms with Gasteiger partial charge in [0.25, 0.3) is 0 Å². The lowest BCUT2D eigenvalue weighted by Gasteiger charge is -2.19. The van der Waals surface area contributed by atoms with Crippen LogP contribution < -0.4 is 14.8 Å². The zero-order valence-corrected chi connectivity index (χ0v) is 15.0. The Bertz CT molecular complexity index is 778. The maximum Gasteiger partial charge on any atom is 0.119 e. The summed E-state index contributed by atoms with van der Waals surface area (Å²) < 4.78 is 11.1. The number of pyridine rings is 1. The van der Waals surface area contributed by atoms with Gasteiger partial charge in [-0.25, -0.2) is 0 Å². The molecule has 3 rings (SSSR count). The van der Waals surface area contributed by atoms with Crippen LogP contribution in [0.1, 0.15) is 23.7 Å². The molecule has 0 saturated heterocycles. The summed E-state index contributed by atoms with van der Waals surface area (Å²) in [6.07, 6.45) is 2.73. The first kappa shape index (κ1) is 18.0. The summed E-state index contributed by atoms with van der Waals surface area (Å²) in [5.74, 6) is 1.75. The molecule has 0 spiro atoms. The van der Waals surface area contributed by atoms with Gasteiger partial charge in [0.1, 0.15) is 11.5 Å². The van der Waals surface area contributed by atoms with Gasteiger partial charge < -0.3 is 14.8 Å². The van der Waals surface area contributed by atoms with Crippen molar-refractivity contribution in [3.05, 3.63) is 90.3 Å². The highest BCUT2D eigenvalue weighted by atomic mass is 16.5. The van der Waals surface area contributed by atoms with E-state index in [1.807, 2.05) is 72.9 Å². The molecule has 134 valence electrons. The number of ether oxygens (including phenoxy) is 2. The van der Waals surface area contributed by atoms with Crippen LogP contribution in [0.15, 0.2) is 79.0 Å². The van der Waals surface area contributed by atoms with Gasteiger partial charge in [0, 0.05) is 6.20 Å². The monoisotopic (exact) mass is 348 g/mol. The second kappa shape index (κ2) is 9.59. The number of hydrogen-bond acceptors (Lipinski definition) is 4. The molecule has 0 bridgehead atoms. The summed E-state index contributed by atoms with van der Waals surface area (Å²) in [6, 6.07) is 24.0. The molecule has 0 aliphatic heterocycles. The summed E-state index contributed by atoms with van der Waals surface area (Å²) >= 11 is 0. The molecule has 0 saturated carbocycles. The molecular weight excluding hydrogens is 324 g/mol. The first-order valence-corrected chi connectivity index (χ1v) is 8.83. The minimum absolute atomic E-state index is 0.0167. The molecule has 1 N–H and O–H groups in total. The van der Waals surface area contributed by atoms with Crippen molar-refractivity contribution in [2.24, 2.45) is 0 Å². The molecule has 0 amide bonds. The van der Waals surface area contributed by atoms with Crippen molar-refractivity contribution in [2.45, 2.75) is 12.5 Å². The number of methoxy groups -OCH3 is 1. The Morgan fingerprint density at radius 1 is 0.923 bits per heavy atom. The minimum atomic E-state index is 0.0167. The van der Waals surface area contributed by atoms with E-state index in [2.05, 4.69) is 16.4 Å². The molecule has 4 nitrogen and oxygen atoms in total. The van der Waals surface area contributed by atoms with Gasteiger partial charge in [0.15, 0.2) is 0 Å². The lowest BCUT2D eigenvalue weighted by atomic mass is 10.0. The normalized spacial score (nSPS) is 11.7. The smallest absolute Gasteiger partial charge is 0.119 e. The summed E-state index contributed by atoms with van der Waals surface area (Å²) in [7, 11) is 1.68. The van der Waals surface area contributed by atoms with Gasteiger partial charge >= 0.3 is 0 Å². The standard InChI is InChI=1S/C22H24N2O2/c1-25-20-12-7-9-18(17-20)22(21-13-5-6-14-23-21)24-15-8-16-26-19-10-3-2-4-11-19/h2-7,9-14,17,22,24H,8,15-16H2,1H3. The van der Waals surface area contributed by atoms with E-state index in [1.165, 1.54) is 0 Å². The van der Waals surface area contributed by atoms with Gasteiger partial charge in [-0.2, -0.15) is 0 Å². The van der Waals surface area contributed by atoms with Crippen LogP contribution in [0.5, 0.6) is 11.5 Å². The quantitative estimate of drug-likeness (QED) is 0.588. The van der Waals surface area contributed by atoms with Gasteiger partial charge in [-0.1, -0.05) is 36.4 Å². The van der Waals surface area contributed by atoms with Crippen molar-refractivity contribution >= 4 is 0 Å². The second-order valence-electron chi connectivity index (χ2n) is 5.93. The molecular formula is C22H24N2O2. The summed E-state index contributed by atoms with van der Waals surface area (Å²) in [5, 5.41) is 3.59. The Labute approximate surface area is 154 Å². The van der Waals surface area contributed by atoms with Crippen LogP contribution in [-0.2, 0) is 0 Å². The number of rotatable bonds is 9. The predicted octanol–water partition coefficient (Wildman–Crippen LogP) is 4.24. The SMILES string of the molecule is COc1cccc(C(NCCCOc2ccccc2)c2ccccn2)c1. The van der Waals surface area contributed by atoms with E-state index in [9.17, 15) is 0 Å². The van der Waals surface area contributed by atoms with Crippen molar-refractivity contribution < 1.29 is 9.47 Å². The summed E-state index contributed by atoms with van der Waals surface area (Å²) in [4.78, 5) is 4.52. The van der Waals surface area contributed by atoms with E-state index in [1.54, 1.807) is 7.11 Å². The minimum Gasteiger partial charge on any atom is -0.497 e. The van der Waals surface area contributed by atoms with E-state index in [0.717, 1.165) is 35.7 Å². The van der Waals surface area contributed by atoms with Crippen molar-refractivity contribution in [1.29, 1.82) is 0 Å². The number of nitrogens with one attached hydrogen (secondary N) is 1. The molecule has 4 heteroatoms. The van der Waals surface area contributed by atoms with Crippen LogP contribution in [0.3, 0.4) is 0 Å². The fraction of sp³-hybridized carbons (Fsp3) is 0.227. The molecule has 1 unspecified atom stereocenters. The highest BCUT2D eigenvalue weighted by Gasteiger charge is 2.15. The van der Waals surface area contributed by atoms with Crippen molar-refractivity contribution in [3.63, 3.8) is 0 Å². The predicted molar refractivity (Wildman–Crippen MR) is 104 cm³/mol. The Hall–Kier alpha value is -2.85. The van der Waals surface area contributed by atoms with E-state index in [0.29, 0.717) is 6.61 Å². The number of aromatic nitrogens is 1. The lowest BCUT2D eigenvalue weighted by Crippen LogP contribution is -2.25. The highest BCUT2D eigenvalue weighted by molar-refractivity contribution is 5.34. The third kappa shape index (κ3) is 5.07. The third-order valence-corrected chi connectivity index (χ3v) is 4.09. The van der Waals surface area contributed by atoms with Crippen LogP contribution >= 0.6 is 0 Å². The van der Waals surface area contributed by atoms with Gasteiger partial charge in [0.05, 0.1) is 25.5 Å². The van der Waals surface area contributed by atoms with Crippen molar-refractivity contribution in [3.8, 4) is 11.5 Å². The first-order chi connectivity index (χ1) is 12.9. The third-order valence-electron chi connectivity index (χ3n) is 4.09. The fourth-order valence-corrected chi connectivity index (χ4v) is 2.79. The Kier molecular flexibility index (Phi) is 6.62. The Balaban J connectivity index is 1.61. The molecule has 1 aromatic heterocycles. The van der Waals surface area contributed by atoms with Crippen molar-refractivity contribution in [1.82, 2.24) is 10.3 Å². The summed E-state index contributed by atoms with van der Waals surface area (Å²) in [5.41, 5.74) is 2.12. The Morgan fingerprint density at radius 3 is 2.50 bits per heavy atom. The average molecular weight is 348 g/mol. The number of hydrogen-bond donors (Lipinski definition) is 1. The van der Waals surface area contributed by atoms with E-state index in [4.69, 9.17) is 9.47 Å². The van der Waals surface area contributed by atoms with Crippen LogP contribution in [0, 0.1) is 0 Å². The van der Waals surface area contributed by atoms with Crippen LogP contribution in [0.4, 0.5) is 0 Å². The van der Waals surface area contributed by atoms with Gasteiger partial charge in [-0.3, -0.25) is 4.98 Å². The molecule has 0 aliphatic rings. The van der Waals surface area contributed by atoms with Gasteiger partial charge in [0.2, 0.25) is 0 Å². The fourth-order valence-electron chi connectivity index (χ4n) is 2.79. The number of nitrogens with zero attached hydrogens (tertiary/aromatic N) is 1. The molecule has 1 atom stereocenters. The molecule has 1 heterocycles. The molecule has 26 heavy (non-hydrogen) atoms. The molecule has 0 radical (unpaired) electrons. The average Bonchev–Trinajstić information content (AvgIpc) is 2.72. The van der Waals surface area contributed by atoms with Gasteiger partial charge in [-0.15, -0.1) is 0 Å². The van der Waals surface area contributed by atoms with E-state index < -0.39 is 0 Å². The molecule has 2 aromatic carbocycles. The maximum absolute atomic E-state index is 5.76. The zero-order chi connectivity index (χ0) is 18.0. The number of benzene rings is 2. The topological polar surface area (TPSA) is 43.4 Å². The lowest BCUT2D eigenvalue weighted by molar-refractivity contribution is 0.306. The number of para-hydroxylation sites is 1. The van der Waals surface area contributed by atoms with E-state index >= 15 is 0 Å². The Morgan fingerprint density at radius 2 is 1.73 bits per heavy atom. The van der Waals surface area contributed by atoms with Crippen LogP contribution in [0.25, 0.3) is 0 Å². The van der Waals surface area contributed by atoms with Crippen LogP contribution in [0.2, 0.25) is 0 Å². The van der Waals surface area contributed by atoms with E-state index in [-0.39, 0.29) is 6.04 Å².